The number of nitriles is 1. The molecule has 0 saturated heterocycles. The van der Waals surface area contributed by atoms with Gasteiger partial charge in [-0.05, 0) is 61.4 Å². The molecule has 1 aliphatic rings. The van der Waals surface area contributed by atoms with Gasteiger partial charge in [-0.15, -0.1) is 0 Å². The van der Waals surface area contributed by atoms with Crippen molar-refractivity contribution >= 4 is 23.9 Å². The number of amides is 2. The summed E-state index contributed by atoms with van der Waals surface area (Å²) < 4.78 is 23.7. The van der Waals surface area contributed by atoms with Crippen LogP contribution in [0.15, 0.2) is 57.5 Å². The van der Waals surface area contributed by atoms with Gasteiger partial charge in [0.1, 0.15) is 29.0 Å². The van der Waals surface area contributed by atoms with Gasteiger partial charge in [-0.3, -0.25) is 19.3 Å². The maximum atomic E-state index is 13.1. The Bertz CT molecular complexity index is 1140. The molecule has 2 heterocycles. The maximum absolute atomic E-state index is 13.1. The molecule has 1 aromatic heterocycles. The van der Waals surface area contributed by atoms with Crippen LogP contribution >= 0.6 is 0 Å². The molecule has 2 aromatic rings. The summed E-state index contributed by atoms with van der Waals surface area (Å²) in [4.78, 5) is 37.4. The van der Waals surface area contributed by atoms with Gasteiger partial charge >= 0.3 is 5.97 Å². The van der Waals surface area contributed by atoms with Gasteiger partial charge < -0.3 is 9.15 Å². The first-order chi connectivity index (χ1) is 14.8. The van der Waals surface area contributed by atoms with E-state index >= 15 is 0 Å². The summed E-state index contributed by atoms with van der Waals surface area (Å²) >= 11 is 0. The molecule has 0 saturated carbocycles. The first-order valence-corrected chi connectivity index (χ1v) is 9.50. The largest absolute Gasteiger partial charge is 0.466 e. The Morgan fingerprint density at radius 2 is 1.90 bits per heavy atom. The standard InChI is InChI=1S/C23H19FN2O5/c1-14-19(12-18-8-9-21(31-18)16-4-6-17(24)7-5-16)22(28)26(23(29)20(14)13-25)10-3-11-30-15(2)27/h4-9,12H,3,10-11H2,1-2H3/b19-12+. The first kappa shape index (κ1) is 21.7. The van der Waals surface area contributed by atoms with Crippen molar-refractivity contribution in [1.29, 1.82) is 5.26 Å². The lowest BCUT2D eigenvalue weighted by Crippen LogP contribution is -2.43. The van der Waals surface area contributed by atoms with E-state index in [1.54, 1.807) is 24.3 Å². The van der Waals surface area contributed by atoms with Gasteiger partial charge in [0.05, 0.1) is 6.61 Å². The van der Waals surface area contributed by atoms with Gasteiger partial charge in [-0.25, -0.2) is 4.39 Å². The molecule has 0 spiro atoms. The quantitative estimate of drug-likeness (QED) is 0.305. The second kappa shape index (κ2) is 9.22. The third kappa shape index (κ3) is 4.78. The zero-order valence-corrected chi connectivity index (χ0v) is 17.0. The van der Waals surface area contributed by atoms with Gasteiger partial charge in [0.2, 0.25) is 0 Å². The monoisotopic (exact) mass is 422 g/mol. The lowest BCUT2D eigenvalue weighted by atomic mass is 9.94. The summed E-state index contributed by atoms with van der Waals surface area (Å²) in [6, 6.07) is 10.9. The number of imide groups is 1. The number of halogens is 1. The van der Waals surface area contributed by atoms with Crippen LogP contribution in [-0.2, 0) is 19.1 Å². The maximum Gasteiger partial charge on any atom is 0.302 e. The third-order valence-electron chi connectivity index (χ3n) is 4.70. The smallest absolute Gasteiger partial charge is 0.302 e. The summed E-state index contributed by atoms with van der Waals surface area (Å²) in [5.41, 5.74) is 0.939. The van der Waals surface area contributed by atoms with Crippen molar-refractivity contribution in [2.75, 3.05) is 13.2 Å². The predicted molar refractivity (Wildman–Crippen MR) is 108 cm³/mol. The van der Waals surface area contributed by atoms with E-state index in [2.05, 4.69) is 0 Å². The first-order valence-electron chi connectivity index (χ1n) is 9.50. The number of hydrogen-bond donors (Lipinski definition) is 0. The molecule has 0 unspecified atom stereocenters. The normalized spacial score (nSPS) is 15.4. The van der Waals surface area contributed by atoms with E-state index in [1.165, 1.54) is 32.1 Å². The zero-order chi connectivity index (χ0) is 22.5. The number of nitrogens with zero attached hydrogens (tertiary/aromatic N) is 2. The number of benzene rings is 1. The third-order valence-corrected chi connectivity index (χ3v) is 4.70. The van der Waals surface area contributed by atoms with Crippen molar-refractivity contribution in [3.63, 3.8) is 0 Å². The molecule has 1 aromatic carbocycles. The van der Waals surface area contributed by atoms with E-state index in [9.17, 15) is 24.0 Å². The number of hydrogen-bond acceptors (Lipinski definition) is 6. The second-order valence-electron chi connectivity index (χ2n) is 6.83. The summed E-state index contributed by atoms with van der Waals surface area (Å²) in [5.74, 6) is -1.26. The van der Waals surface area contributed by atoms with Gasteiger partial charge in [0, 0.05) is 24.6 Å². The highest BCUT2D eigenvalue weighted by atomic mass is 19.1. The van der Waals surface area contributed by atoms with Crippen LogP contribution in [0.5, 0.6) is 0 Å². The van der Waals surface area contributed by atoms with Crippen LogP contribution in [0.4, 0.5) is 4.39 Å². The molecule has 2 amide bonds. The van der Waals surface area contributed by atoms with E-state index in [4.69, 9.17) is 9.15 Å². The molecule has 0 N–H and O–H groups in total. The summed E-state index contributed by atoms with van der Waals surface area (Å²) in [7, 11) is 0. The molecular weight excluding hydrogens is 403 g/mol. The Labute approximate surface area is 178 Å². The fraction of sp³-hybridized carbons (Fsp3) is 0.217. The van der Waals surface area contributed by atoms with Crippen LogP contribution in [0.1, 0.15) is 26.0 Å². The minimum Gasteiger partial charge on any atom is -0.466 e. The topological polar surface area (TPSA) is 101 Å². The lowest BCUT2D eigenvalue weighted by Gasteiger charge is -2.27. The van der Waals surface area contributed by atoms with Gasteiger partial charge in [0.25, 0.3) is 11.8 Å². The van der Waals surface area contributed by atoms with Crippen LogP contribution in [0, 0.1) is 17.1 Å². The Hall–Kier alpha value is -3.99. The second-order valence-corrected chi connectivity index (χ2v) is 6.83. The molecule has 7 nitrogen and oxygen atoms in total. The average Bonchev–Trinajstić information content (AvgIpc) is 3.20. The molecular formula is C23H19FN2O5. The van der Waals surface area contributed by atoms with Crippen LogP contribution < -0.4 is 0 Å². The van der Waals surface area contributed by atoms with Gasteiger partial charge in [-0.1, -0.05) is 0 Å². The fourth-order valence-electron chi connectivity index (χ4n) is 3.11. The van der Waals surface area contributed by atoms with E-state index in [0.717, 1.165) is 4.90 Å². The number of carbonyl (C=O) groups is 3. The van der Waals surface area contributed by atoms with Crippen molar-refractivity contribution in [1.82, 2.24) is 4.90 Å². The summed E-state index contributed by atoms with van der Waals surface area (Å²) in [5, 5.41) is 9.42. The van der Waals surface area contributed by atoms with Gasteiger partial charge in [0.15, 0.2) is 0 Å². The minimum absolute atomic E-state index is 0.000267. The van der Waals surface area contributed by atoms with Crippen LogP contribution in [0.3, 0.4) is 0 Å². The molecule has 0 atom stereocenters. The van der Waals surface area contributed by atoms with Crippen molar-refractivity contribution in [3.05, 3.63) is 64.7 Å². The Morgan fingerprint density at radius 1 is 1.19 bits per heavy atom. The summed E-state index contributed by atoms with van der Waals surface area (Å²) in [6.07, 6.45) is 1.71. The fourth-order valence-corrected chi connectivity index (χ4v) is 3.11. The Morgan fingerprint density at radius 3 is 2.55 bits per heavy atom. The van der Waals surface area contributed by atoms with Crippen molar-refractivity contribution in [3.8, 4) is 17.4 Å². The number of furan rings is 1. The molecule has 0 radical (unpaired) electrons. The molecule has 0 fully saturated rings. The van der Waals surface area contributed by atoms with Gasteiger partial charge in [-0.2, -0.15) is 5.26 Å². The highest BCUT2D eigenvalue weighted by molar-refractivity contribution is 6.19. The highest BCUT2D eigenvalue weighted by Gasteiger charge is 2.35. The molecule has 158 valence electrons. The molecule has 0 aliphatic carbocycles. The van der Waals surface area contributed by atoms with Crippen LogP contribution in [-0.4, -0.2) is 35.8 Å². The van der Waals surface area contributed by atoms with Crippen LogP contribution in [0.25, 0.3) is 17.4 Å². The highest BCUT2D eigenvalue weighted by Crippen LogP contribution is 2.29. The molecule has 3 rings (SSSR count). The van der Waals surface area contributed by atoms with E-state index in [0.29, 0.717) is 17.1 Å². The Balaban J connectivity index is 1.89. The number of ether oxygens (including phenoxy) is 1. The van der Waals surface area contributed by atoms with Crippen molar-refractivity contribution in [2.24, 2.45) is 0 Å². The number of rotatable bonds is 6. The number of esters is 1. The molecule has 1 aliphatic heterocycles. The average molecular weight is 422 g/mol. The van der Waals surface area contributed by atoms with Crippen molar-refractivity contribution in [2.45, 2.75) is 20.3 Å². The Kier molecular flexibility index (Phi) is 6.46. The van der Waals surface area contributed by atoms with E-state index < -0.39 is 17.8 Å². The van der Waals surface area contributed by atoms with E-state index in [1.807, 2.05) is 6.07 Å². The van der Waals surface area contributed by atoms with Crippen LogP contribution in [0.2, 0.25) is 0 Å². The molecule has 0 bridgehead atoms. The molecule has 8 heteroatoms. The predicted octanol–water partition coefficient (Wildman–Crippen LogP) is 3.63. The number of carbonyl (C=O) groups excluding carboxylic acids is 3. The zero-order valence-electron chi connectivity index (χ0n) is 17.0. The minimum atomic E-state index is -0.684. The summed E-state index contributed by atoms with van der Waals surface area (Å²) in [6.45, 7) is 2.84. The van der Waals surface area contributed by atoms with E-state index in [-0.39, 0.29) is 42.1 Å². The SMILES string of the molecule is CC(=O)OCCCN1C(=O)C(C#N)=C(C)/C(=C\c2ccc(-c3ccc(F)cc3)o2)C1=O. The molecule has 31 heavy (non-hydrogen) atoms. The lowest BCUT2D eigenvalue weighted by molar-refractivity contribution is -0.141. The van der Waals surface area contributed by atoms with Crippen molar-refractivity contribution < 1.29 is 27.9 Å².